The minimum absolute atomic E-state index is 0.137. The van der Waals surface area contributed by atoms with Gasteiger partial charge in [0.15, 0.2) is 0 Å². The third kappa shape index (κ3) is 4.83. The highest BCUT2D eigenvalue weighted by atomic mass is 35.5. The molecule has 1 rings (SSSR count). The molecule has 0 spiro atoms. The Balaban J connectivity index is 2.51. The third-order valence-corrected chi connectivity index (χ3v) is 3.13. The lowest BCUT2D eigenvalue weighted by Crippen LogP contribution is -2.41. The second-order valence-corrected chi connectivity index (χ2v) is 5.35. The summed E-state index contributed by atoms with van der Waals surface area (Å²) in [6.07, 6.45) is 0. The summed E-state index contributed by atoms with van der Waals surface area (Å²) in [5.74, 6) is -0.668. The zero-order valence-corrected chi connectivity index (χ0v) is 12.4. The minimum Gasteiger partial charge on any atom is -0.370 e. The molecule has 110 valence electrons. The van der Waals surface area contributed by atoms with Gasteiger partial charge in [-0.2, -0.15) is 0 Å². The molecule has 0 bridgehead atoms. The first-order valence-corrected chi connectivity index (χ1v) is 6.62. The Labute approximate surface area is 123 Å². The van der Waals surface area contributed by atoms with Crippen molar-refractivity contribution in [1.82, 2.24) is 5.32 Å². The normalized spacial score (nSPS) is 11.2. The fraction of sp³-hybridized carbons (Fsp3) is 0.429. The van der Waals surface area contributed by atoms with Gasteiger partial charge in [-0.1, -0.05) is 23.7 Å². The van der Waals surface area contributed by atoms with Gasteiger partial charge in [0.2, 0.25) is 11.8 Å². The van der Waals surface area contributed by atoms with Crippen LogP contribution in [0.1, 0.15) is 19.4 Å². The number of primary amides is 1. The Bertz CT molecular complexity index is 489. The van der Waals surface area contributed by atoms with Gasteiger partial charge in [0.1, 0.15) is 6.61 Å². The first-order chi connectivity index (χ1) is 9.34. The van der Waals surface area contributed by atoms with E-state index in [-0.39, 0.29) is 19.1 Å². The summed E-state index contributed by atoms with van der Waals surface area (Å²) in [7, 11) is 0. The molecule has 3 N–H and O–H groups in total. The van der Waals surface area contributed by atoms with E-state index in [1.165, 1.54) is 0 Å². The van der Waals surface area contributed by atoms with Crippen molar-refractivity contribution in [2.24, 2.45) is 5.73 Å². The summed E-state index contributed by atoms with van der Waals surface area (Å²) in [5, 5.41) is 3.35. The molecule has 0 aromatic heterocycles. The van der Waals surface area contributed by atoms with E-state index >= 15 is 0 Å². The molecule has 0 radical (unpaired) electrons. The minimum atomic E-state index is -0.700. The number of carbonyl (C=O) groups excluding carboxylic acids is 2. The first kappa shape index (κ1) is 16.5. The number of nitrogens with one attached hydrogen (secondary N) is 1. The van der Waals surface area contributed by atoms with E-state index in [0.29, 0.717) is 11.6 Å². The Morgan fingerprint density at radius 2 is 2.10 bits per heavy atom. The van der Waals surface area contributed by atoms with E-state index in [2.05, 4.69) is 5.32 Å². The highest BCUT2D eigenvalue weighted by Crippen LogP contribution is 2.25. The topological polar surface area (TPSA) is 81.4 Å². The first-order valence-electron chi connectivity index (χ1n) is 6.24. The fourth-order valence-electron chi connectivity index (χ4n) is 1.64. The van der Waals surface area contributed by atoms with Gasteiger partial charge in [-0.05, 0) is 31.5 Å². The number of hydrogen-bond donors (Lipinski definition) is 2. The lowest BCUT2D eigenvalue weighted by molar-refractivity contribution is -0.126. The number of halogens is 1. The quantitative estimate of drug-likeness (QED) is 0.743. The molecule has 0 saturated heterocycles. The molecule has 0 saturated carbocycles. The number of amides is 2. The monoisotopic (exact) mass is 298 g/mol. The molecule has 20 heavy (non-hydrogen) atoms. The standard InChI is InChI=1S/C14H19ClN2O3/c1-14(2,10-4-3-5-11(15)8-10)13(19)17-6-7-20-9-12(16)18/h3-5,8H,6-7,9H2,1-2H3,(H2,16,18)(H,17,19). The molecule has 1 aromatic carbocycles. The van der Waals surface area contributed by atoms with E-state index in [9.17, 15) is 9.59 Å². The van der Waals surface area contributed by atoms with Gasteiger partial charge in [-0.3, -0.25) is 9.59 Å². The second kappa shape index (κ2) is 7.26. The Hall–Kier alpha value is -1.59. The third-order valence-electron chi connectivity index (χ3n) is 2.89. The van der Waals surface area contributed by atoms with Gasteiger partial charge in [0.05, 0.1) is 12.0 Å². The molecule has 0 aliphatic rings. The van der Waals surface area contributed by atoms with Crippen LogP contribution in [0.3, 0.4) is 0 Å². The zero-order chi connectivity index (χ0) is 15.2. The molecular weight excluding hydrogens is 280 g/mol. The van der Waals surface area contributed by atoms with Gasteiger partial charge in [-0.25, -0.2) is 0 Å². The van der Waals surface area contributed by atoms with Crippen molar-refractivity contribution >= 4 is 23.4 Å². The number of ether oxygens (including phenoxy) is 1. The second-order valence-electron chi connectivity index (χ2n) is 4.91. The summed E-state index contributed by atoms with van der Waals surface area (Å²) in [6.45, 7) is 4.04. The van der Waals surface area contributed by atoms with Crippen LogP contribution < -0.4 is 11.1 Å². The van der Waals surface area contributed by atoms with Gasteiger partial charge in [0, 0.05) is 11.6 Å². The predicted octanol–water partition coefficient (Wildman–Crippen LogP) is 1.24. The van der Waals surface area contributed by atoms with Crippen LogP contribution in [0.15, 0.2) is 24.3 Å². The highest BCUT2D eigenvalue weighted by molar-refractivity contribution is 6.30. The van der Waals surface area contributed by atoms with Gasteiger partial charge >= 0.3 is 0 Å². The smallest absolute Gasteiger partial charge is 0.243 e. The Morgan fingerprint density at radius 1 is 1.40 bits per heavy atom. The molecule has 1 aromatic rings. The fourth-order valence-corrected chi connectivity index (χ4v) is 1.83. The summed E-state index contributed by atoms with van der Waals surface area (Å²) in [6, 6.07) is 7.19. The van der Waals surface area contributed by atoms with Crippen LogP contribution >= 0.6 is 11.6 Å². The van der Waals surface area contributed by atoms with E-state index in [1.54, 1.807) is 12.1 Å². The Kier molecular flexibility index (Phi) is 5.98. The van der Waals surface area contributed by atoms with Crippen molar-refractivity contribution < 1.29 is 14.3 Å². The van der Waals surface area contributed by atoms with Gasteiger partial charge in [-0.15, -0.1) is 0 Å². The molecule has 5 nitrogen and oxygen atoms in total. The molecule has 0 fully saturated rings. The maximum Gasteiger partial charge on any atom is 0.243 e. The number of nitrogens with two attached hydrogens (primary N) is 1. The SMILES string of the molecule is CC(C)(C(=O)NCCOCC(N)=O)c1cccc(Cl)c1. The van der Waals surface area contributed by atoms with Crippen molar-refractivity contribution in [2.75, 3.05) is 19.8 Å². The number of rotatable bonds is 7. The molecule has 2 amide bonds. The predicted molar refractivity (Wildman–Crippen MR) is 77.5 cm³/mol. The van der Waals surface area contributed by atoms with E-state index in [1.807, 2.05) is 26.0 Å². The van der Waals surface area contributed by atoms with Crippen molar-refractivity contribution in [3.05, 3.63) is 34.9 Å². The van der Waals surface area contributed by atoms with E-state index in [0.717, 1.165) is 5.56 Å². The van der Waals surface area contributed by atoms with Crippen LogP contribution in [0, 0.1) is 0 Å². The summed E-state index contributed by atoms with van der Waals surface area (Å²) < 4.78 is 4.97. The lowest BCUT2D eigenvalue weighted by atomic mass is 9.84. The largest absolute Gasteiger partial charge is 0.370 e. The van der Waals surface area contributed by atoms with E-state index < -0.39 is 11.3 Å². The molecular formula is C14H19ClN2O3. The molecule has 0 unspecified atom stereocenters. The van der Waals surface area contributed by atoms with Crippen LogP contribution in [0.25, 0.3) is 0 Å². The molecule has 0 aliphatic heterocycles. The summed E-state index contributed by atoms with van der Waals surface area (Å²) in [4.78, 5) is 22.6. The maximum atomic E-state index is 12.2. The maximum absolute atomic E-state index is 12.2. The zero-order valence-electron chi connectivity index (χ0n) is 11.6. The van der Waals surface area contributed by atoms with Crippen LogP contribution in [0.2, 0.25) is 5.02 Å². The van der Waals surface area contributed by atoms with Crippen LogP contribution in [0.5, 0.6) is 0 Å². The van der Waals surface area contributed by atoms with Gasteiger partial charge < -0.3 is 15.8 Å². The number of hydrogen-bond acceptors (Lipinski definition) is 3. The Morgan fingerprint density at radius 3 is 2.70 bits per heavy atom. The summed E-state index contributed by atoms with van der Waals surface area (Å²) >= 11 is 5.94. The molecule has 0 aliphatic carbocycles. The van der Waals surface area contributed by atoms with Crippen LogP contribution in [0.4, 0.5) is 0 Å². The molecule has 0 heterocycles. The van der Waals surface area contributed by atoms with Crippen molar-refractivity contribution in [3.8, 4) is 0 Å². The lowest BCUT2D eigenvalue weighted by Gasteiger charge is -2.24. The average molecular weight is 299 g/mol. The van der Waals surface area contributed by atoms with Crippen molar-refractivity contribution in [3.63, 3.8) is 0 Å². The van der Waals surface area contributed by atoms with Crippen molar-refractivity contribution in [2.45, 2.75) is 19.3 Å². The van der Waals surface area contributed by atoms with Crippen LogP contribution in [-0.4, -0.2) is 31.6 Å². The van der Waals surface area contributed by atoms with Gasteiger partial charge in [0.25, 0.3) is 0 Å². The molecule has 0 atom stereocenters. The average Bonchev–Trinajstić information content (AvgIpc) is 2.37. The van der Waals surface area contributed by atoms with E-state index in [4.69, 9.17) is 22.1 Å². The summed E-state index contributed by atoms with van der Waals surface area (Å²) in [5.41, 5.74) is 5.06. The molecule has 6 heteroatoms. The van der Waals surface area contributed by atoms with Crippen molar-refractivity contribution in [1.29, 1.82) is 0 Å². The number of carbonyl (C=O) groups is 2. The van der Waals surface area contributed by atoms with Crippen LogP contribution in [-0.2, 0) is 19.7 Å². The highest BCUT2D eigenvalue weighted by Gasteiger charge is 2.29. The number of benzene rings is 1.